The normalized spacial score (nSPS) is 10.2. The zero-order chi connectivity index (χ0) is 12.3. The molecule has 0 amide bonds. The highest BCUT2D eigenvalue weighted by atomic mass is 79.9. The van der Waals surface area contributed by atoms with Gasteiger partial charge in [0.15, 0.2) is 0 Å². The number of hydrogen-bond donors (Lipinski definition) is 1. The molecule has 1 aromatic carbocycles. The fourth-order valence-corrected chi connectivity index (χ4v) is 1.76. The highest BCUT2D eigenvalue weighted by molar-refractivity contribution is 9.10. The van der Waals surface area contributed by atoms with Crippen molar-refractivity contribution in [1.82, 2.24) is 9.97 Å². The molecule has 5 heteroatoms. The van der Waals surface area contributed by atoms with Crippen LogP contribution in [0.5, 0.6) is 0 Å². The Morgan fingerprint density at radius 3 is 2.59 bits per heavy atom. The minimum Gasteiger partial charge on any atom is -0.382 e. The zero-order valence-corrected chi connectivity index (χ0v) is 11.1. The summed E-state index contributed by atoms with van der Waals surface area (Å²) < 4.78 is 1.08. The predicted octanol–water partition coefficient (Wildman–Crippen LogP) is 2.46. The molecule has 0 unspecified atom stereocenters. The minimum atomic E-state index is 0.435. The Balaban J connectivity index is 2.11. The summed E-state index contributed by atoms with van der Waals surface area (Å²) in [6, 6.07) is 8.18. The molecule has 1 aromatic heterocycles. The van der Waals surface area contributed by atoms with Crippen molar-refractivity contribution in [3.63, 3.8) is 0 Å². The zero-order valence-electron chi connectivity index (χ0n) is 9.47. The SMILES string of the molecule is CN(Cc1ccc(Br)cc1)c1cncc(N)n1. The Bertz CT molecular complexity index is 498. The molecule has 17 heavy (non-hydrogen) atoms. The molecule has 2 rings (SSSR count). The van der Waals surface area contributed by atoms with Gasteiger partial charge in [0.05, 0.1) is 12.4 Å². The van der Waals surface area contributed by atoms with Gasteiger partial charge in [-0.2, -0.15) is 0 Å². The average Bonchev–Trinajstić information content (AvgIpc) is 2.32. The molecule has 0 aliphatic rings. The fourth-order valence-electron chi connectivity index (χ4n) is 1.50. The van der Waals surface area contributed by atoms with Crippen LogP contribution >= 0.6 is 15.9 Å². The lowest BCUT2D eigenvalue weighted by molar-refractivity contribution is 0.892. The fraction of sp³-hybridized carbons (Fsp3) is 0.167. The van der Waals surface area contributed by atoms with Gasteiger partial charge in [-0.05, 0) is 17.7 Å². The van der Waals surface area contributed by atoms with Crippen LogP contribution in [-0.4, -0.2) is 17.0 Å². The molecule has 4 nitrogen and oxygen atoms in total. The number of anilines is 2. The van der Waals surface area contributed by atoms with E-state index < -0.39 is 0 Å². The summed E-state index contributed by atoms with van der Waals surface area (Å²) in [7, 11) is 1.96. The van der Waals surface area contributed by atoms with Crippen molar-refractivity contribution >= 4 is 27.6 Å². The molecule has 0 atom stereocenters. The highest BCUT2D eigenvalue weighted by Crippen LogP contribution is 2.15. The molecule has 2 N–H and O–H groups in total. The lowest BCUT2D eigenvalue weighted by Gasteiger charge is -2.17. The number of nitrogen functional groups attached to an aromatic ring is 1. The van der Waals surface area contributed by atoms with Crippen LogP contribution in [0.4, 0.5) is 11.6 Å². The van der Waals surface area contributed by atoms with E-state index in [-0.39, 0.29) is 0 Å². The van der Waals surface area contributed by atoms with E-state index in [0.717, 1.165) is 16.8 Å². The van der Waals surface area contributed by atoms with E-state index in [4.69, 9.17) is 5.73 Å². The van der Waals surface area contributed by atoms with Crippen molar-refractivity contribution in [2.45, 2.75) is 6.54 Å². The predicted molar refractivity (Wildman–Crippen MR) is 72.7 cm³/mol. The van der Waals surface area contributed by atoms with Crippen LogP contribution in [0.2, 0.25) is 0 Å². The van der Waals surface area contributed by atoms with E-state index >= 15 is 0 Å². The molecule has 0 radical (unpaired) electrons. The number of benzene rings is 1. The molecule has 0 saturated carbocycles. The molecular weight excluding hydrogens is 280 g/mol. The maximum Gasteiger partial charge on any atom is 0.149 e. The van der Waals surface area contributed by atoms with Crippen LogP contribution in [0.25, 0.3) is 0 Å². The van der Waals surface area contributed by atoms with Gasteiger partial charge in [0.2, 0.25) is 0 Å². The molecule has 0 aliphatic carbocycles. The molecule has 0 saturated heterocycles. The molecule has 0 aliphatic heterocycles. The van der Waals surface area contributed by atoms with Crippen molar-refractivity contribution in [2.24, 2.45) is 0 Å². The number of hydrogen-bond acceptors (Lipinski definition) is 4. The van der Waals surface area contributed by atoms with Crippen LogP contribution in [0.15, 0.2) is 41.1 Å². The van der Waals surface area contributed by atoms with Gasteiger partial charge in [0.25, 0.3) is 0 Å². The third-order valence-corrected chi connectivity index (χ3v) is 2.89. The van der Waals surface area contributed by atoms with Gasteiger partial charge >= 0.3 is 0 Å². The van der Waals surface area contributed by atoms with Crippen molar-refractivity contribution in [3.05, 3.63) is 46.7 Å². The molecule has 0 fully saturated rings. The van der Waals surface area contributed by atoms with Gasteiger partial charge in [-0.15, -0.1) is 0 Å². The molecule has 2 aromatic rings. The van der Waals surface area contributed by atoms with Gasteiger partial charge in [-0.25, -0.2) is 4.98 Å². The third-order valence-electron chi connectivity index (χ3n) is 2.36. The lowest BCUT2D eigenvalue weighted by Crippen LogP contribution is -2.18. The van der Waals surface area contributed by atoms with E-state index in [1.54, 1.807) is 6.20 Å². The molecule has 0 spiro atoms. The van der Waals surface area contributed by atoms with Gasteiger partial charge < -0.3 is 10.6 Å². The maximum absolute atomic E-state index is 5.60. The van der Waals surface area contributed by atoms with E-state index in [2.05, 4.69) is 38.0 Å². The quantitative estimate of drug-likeness (QED) is 0.944. The van der Waals surface area contributed by atoms with Crippen LogP contribution in [0.1, 0.15) is 5.56 Å². The van der Waals surface area contributed by atoms with Gasteiger partial charge in [-0.3, -0.25) is 4.98 Å². The van der Waals surface area contributed by atoms with Gasteiger partial charge in [0, 0.05) is 18.1 Å². The summed E-state index contributed by atoms with van der Waals surface area (Å²) in [6.07, 6.45) is 3.24. The monoisotopic (exact) mass is 292 g/mol. The van der Waals surface area contributed by atoms with Crippen LogP contribution in [-0.2, 0) is 6.54 Å². The molecule has 1 heterocycles. The maximum atomic E-state index is 5.60. The summed E-state index contributed by atoms with van der Waals surface area (Å²) in [5.74, 6) is 1.21. The standard InChI is InChI=1S/C12H13BrN4/c1-17(12-7-15-6-11(14)16-12)8-9-2-4-10(13)5-3-9/h2-7H,8H2,1H3,(H2,14,16). The van der Waals surface area contributed by atoms with Gasteiger partial charge in [-0.1, -0.05) is 28.1 Å². The first-order chi connectivity index (χ1) is 8.15. The van der Waals surface area contributed by atoms with Crippen molar-refractivity contribution in [2.75, 3.05) is 17.7 Å². The van der Waals surface area contributed by atoms with Gasteiger partial charge in [0.1, 0.15) is 11.6 Å². The first kappa shape index (κ1) is 11.9. The second-order valence-electron chi connectivity index (χ2n) is 3.78. The number of rotatable bonds is 3. The van der Waals surface area contributed by atoms with Crippen molar-refractivity contribution in [3.8, 4) is 0 Å². The van der Waals surface area contributed by atoms with E-state index in [1.807, 2.05) is 24.1 Å². The number of nitrogens with two attached hydrogens (primary N) is 1. The van der Waals surface area contributed by atoms with Crippen LogP contribution < -0.4 is 10.6 Å². The second kappa shape index (κ2) is 5.14. The first-order valence-electron chi connectivity index (χ1n) is 5.18. The van der Waals surface area contributed by atoms with E-state index in [1.165, 1.54) is 11.8 Å². The van der Waals surface area contributed by atoms with E-state index in [9.17, 15) is 0 Å². The minimum absolute atomic E-state index is 0.435. The molecule has 0 bridgehead atoms. The van der Waals surface area contributed by atoms with Crippen molar-refractivity contribution in [1.29, 1.82) is 0 Å². The third kappa shape index (κ3) is 3.17. The summed E-state index contributed by atoms with van der Waals surface area (Å²) in [6.45, 7) is 0.769. The summed E-state index contributed by atoms with van der Waals surface area (Å²) >= 11 is 3.41. The van der Waals surface area contributed by atoms with Crippen LogP contribution in [0, 0.1) is 0 Å². The Morgan fingerprint density at radius 1 is 1.24 bits per heavy atom. The second-order valence-corrected chi connectivity index (χ2v) is 4.70. The first-order valence-corrected chi connectivity index (χ1v) is 5.97. The van der Waals surface area contributed by atoms with Crippen LogP contribution in [0.3, 0.4) is 0 Å². The summed E-state index contributed by atoms with van der Waals surface area (Å²) in [5.41, 5.74) is 6.81. The number of halogens is 1. The number of aromatic nitrogens is 2. The summed E-state index contributed by atoms with van der Waals surface area (Å²) in [4.78, 5) is 10.2. The molecular formula is C12H13BrN4. The Morgan fingerprint density at radius 2 is 1.94 bits per heavy atom. The summed E-state index contributed by atoms with van der Waals surface area (Å²) in [5, 5.41) is 0. The number of nitrogens with zero attached hydrogens (tertiary/aromatic N) is 3. The van der Waals surface area contributed by atoms with Crippen molar-refractivity contribution < 1.29 is 0 Å². The smallest absolute Gasteiger partial charge is 0.149 e. The lowest BCUT2D eigenvalue weighted by atomic mass is 10.2. The highest BCUT2D eigenvalue weighted by Gasteiger charge is 2.04. The Hall–Kier alpha value is -1.62. The topological polar surface area (TPSA) is 55.0 Å². The molecule has 88 valence electrons. The van der Waals surface area contributed by atoms with E-state index in [0.29, 0.717) is 5.82 Å². The largest absolute Gasteiger partial charge is 0.382 e. The Kier molecular flexibility index (Phi) is 3.58. The average molecular weight is 293 g/mol. The Labute approximate surface area is 109 Å².